The van der Waals surface area contributed by atoms with E-state index in [1.807, 2.05) is 23.7 Å². The summed E-state index contributed by atoms with van der Waals surface area (Å²) in [6.45, 7) is 3.13. The first-order valence-electron chi connectivity index (χ1n) is 6.97. The van der Waals surface area contributed by atoms with Crippen LogP contribution in [0.2, 0.25) is 0 Å². The quantitative estimate of drug-likeness (QED) is 0.759. The molecular weight excluding hydrogens is 264 g/mol. The first-order valence-corrected chi connectivity index (χ1v) is 7.85. The Hall–Kier alpha value is -1.71. The van der Waals surface area contributed by atoms with E-state index in [0.717, 1.165) is 13.0 Å². The predicted octanol–water partition coefficient (Wildman–Crippen LogP) is 4.19. The van der Waals surface area contributed by atoms with Crippen molar-refractivity contribution in [1.29, 1.82) is 0 Å². The largest absolute Gasteiger partial charge is 0.310 e. The van der Waals surface area contributed by atoms with Gasteiger partial charge in [-0.25, -0.2) is 0 Å². The number of hydrogen-bond donors (Lipinski definition) is 1. The average Bonchev–Trinajstić information content (AvgIpc) is 2.99. The number of likely N-dealkylation sites (N-methyl/N-ethyl adjacent to an activating group) is 1. The number of thiophene rings is 1. The van der Waals surface area contributed by atoms with Crippen LogP contribution < -0.4 is 5.32 Å². The van der Waals surface area contributed by atoms with E-state index in [2.05, 4.69) is 59.0 Å². The molecule has 1 aromatic carbocycles. The molecule has 0 aliphatic carbocycles. The van der Waals surface area contributed by atoms with Crippen LogP contribution in [0.3, 0.4) is 0 Å². The summed E-state index contributed by atoms with van der Waals surface area (Å²) in [4.78, 5) is 5.64. The standard InChI is InChI=1S/C17H18N2S/c1-2-19-17(11-14-6-4-10-20-14)16-7-3-5-13-12-18-9-8-15(13)16/h3-10,12,17,19H,2,11H2,1H3. The second-order valence-electron chi connectivity index (χ2n) is 4.84. The minimum absolute atomic E-state index is 0.352. The number of pyridine rings is 1. The van der Waals surface area contributed by atoms with E-state index >= 15 is 0 Å². The molecule has 0 amide bonds. The Bertz CT molecular complexity index is 671. The van der Waals surface area contributed by atoms with Crippen molar-refractivity contribution in [2.45, 2.75) is 19.4 Å². The van der Waals surface area contributed by atoms with Crippen LogP contribution in [-0.2, 0) is 6.42 Å². The average molecular weight is 282 g/mol. The maximum absolute atomic E-state index is 4.22. The van der Waals surface area contributed by atoms with E-state index in [0.29, 0.717) is 6.04 Å². The van der Waals surface area contributed by atoms with Gasteiger partial charge in [-0.2, -0.15) is 0 Å². The zero-order valence-electron chi connectivity index (χ0n) is 11.5. The lowest BCUT2D eigenvalue weighted by atomic mass is 9.97. The van der Waals surface area contributed by atoms with Crippen molar-refractivity contribution in [3.8, 4) is 0 Å². The maximum atomic E-state index is 4.22. The maximum Gasteiger partial charge on any atom is 0.0374 e. The summed E-state index contributed by atoms with van der Waals surface area (Å²) in [5.41, 5.74) is 1.36. The molecule has 3 aromatic rings. The fourth-order valence-corrected chi connectivity index (χ4v) is 3.37. The van der Waals surface area contributed by atoms with Crippen LogP contribution in [0.25, 0.3) is 10.8 Å². The van der Waals surface area contributed by atoms with Gasteiger partial charge in [0.25, 0.3) is 0 Å². The topological polar surface area (TPSA) is 24.9 Å². The lowest BCUT2D eigenvalue weighted by molar-refractivity contribution is 0.557. The van der Waals surface area contributed by atoms with Gasteiger partial charge in [-0.3, -0.25) is 4.98 Å². The highest BCUT2D eigenvalue weighted by atomic mass is 32.1. The fourth-order valence-electron chi connectivity index (χ4n) is 2.62. The molecule has 3 heteroatoms. The van der Waals surface area contributed by atoms with Crippen molar-refractivity contribution in [3.05, 3.63) is 64.6 Å². The number of hydrogen-bond acceptors (Lipinski definition) is 3. The van der Waals surface area contributed by atoms with E-state index in [-0.39, 0.29) is 0 Å². The molecule has 0 radical (unpaired) electrons. The highest BCUT2D eigenvalue weighted by molar-refractivity contribution is 7.09. The van der Waals surface area contributed by atoms with Crippen LogP contribution in [0.15, 0.2) is 54.2 Å². The van der Waals surface area contributed by atoms with E-state index in [1.54, 1.807) is 0 Å². The molecular formula is C17H18N2S. The number of aromatic nitrogens is 1. The van der Waals surface area contributed by atoms with Gasteiger partial charge in [-0.1, -0.05) is 31.2 Å². The van der Waals surface area contributed by atoms with Crippen molar-refractivity contribution < 1.29 is 0 Å². The fraction of sp³-hybridized carbons (Fsp3) is 0.235. The highest BCUT2D eigenvalue weighted by Gasteiger charge is 2.14. The van der Waals surface area contributed by atoms with Gasteiger partial charge in [-0.15, -0.1) is 11.3 Å². The Labute approximate surface area is 123 Å². The first-order chi connectivity index (χ1) is 9.88. The van der Waals surface area contributed by atoms with E-state index < -0.39 is 0 Å². The van der Waals surface area contributed by atoms with Gasteiger partial charge in [0.1, 0.15) is 0 Å². The Morgan fingerprint density at radius 3 is 2.95 bits per heavy atom. The van der Waals surface area contributed by atoms with E-state index in [1.165, 1.54) is 21.2 Å². The second-order valence-corrected chi connectivity index (χ2v) is 5.87. The first kappa shape index (κ1) is 13.3. The van der Waals surface area contributed by atoms with E-state index in [9.17, 15) is 0 Å². The number of rotatable bonds is 5. The van der Waals surface area contributed by atoms with Crippen molar-refractivity contribution >= 4 is 22.1 Å². The smallest absolute Gasteiger partial charge is 0.0374 e. The van der Waals surface area contributed by atoms with Crippen LogP contribution in [0.1, 0.15) is 23.4 Å². The van der Waals surface area contributed by atoms with Crippen LogP contribution in [-0.4, -0.2) is 11.5 Å². The zero-order valence-corrected chi connectivity index (χ0v) is 12.4. The van der Waals surface area contributed by atoms with Gasteiger partial charge in [0.05, 0.1) is 0 Å². The molecule has 2 nitrogen and oxygen atoms in total. The van der Waals surface area contributed by atoms with Crippen LogP contribution >= 0.6 is 11.3 Å². The minimum Gasteiger partial charge on any atom is -0.310 e. The summed E-state index contributed by atoms with van der Waals surface area (Å²) in [5.74, 6) is 0. The summed E-state index contributed by atoms with van der Waals surface area (Å²) in [6.07, 6.45) is 4.85. The number of nitrogens with one attached hydrogen (secondary N) is 1. The molecule has 102 valence electrons. The van der Waals surface area contributed by atoms with Crippen molar-refractivity contribution in [2.24, 2.45) is 0 Å². The van der Waals surface area contributed by atoms with Crippen LogP contribution in [0.5, 0.6) is 0 Å². The molecule has 0 bridgehead atoms. The third kappa shape index (κ3) is 2.74. The summed E-state index contributed by atoms with van der Waals surface area (Å²) in [5, 5.41) is 8.26. The van der Waals surface area contributed by atoms with Gasteiger partial charge in [0.2, 0.25) is 0 Å². The van der Waals surface area contributed by atoms with Crippen LogP contribution in [0.4, 0.5) is 0 Å². The van der Waals surface area contributed by atoms with Gasteiger partial charge in [0.15, 0.2) is 0 Å². The monoisotopic (exact) mass is 282 g/mol. The highest BCUT2D eigenvalue weighted by Crippen LogP contribution is 2.27. The SMILES string of the molecule is CCNC(Cc1cccs1)c1cccc2cnccc12. The van der Waals surface area contributed by atoms with Gasteiger partial charge in [-0.05, 0) is 35.0 Å². The van der Waals surface area contributed by atoms with Gasteiger partial charge in [0, 0.05) is 35.1 Å². The molecule has 0 saturated carbocycles. The van der Waals surface area contributed by atoms with Crippen molar-refractivity contribution in [1.82, 2.24) is 10.3 Å². The lowest BCUT2D eigenvalue weighted by Crippen LogP contribution is -2.22. The third-order valence-electron chi connectivity index (χ3n) is 3.53. The number of fused-ring (bicyclic) bond motifs is 1. The van der Waals surface area contributed by atoms with Gasteiger partial charge >= 0.3 is 0 Å². The van der Waals surface area contributed by atoms with Crippen LogP contribution in [0, 0.1) is 0 Å². The van der Waals surface area contributed by atoms with Crippen molar-refractivity contribution in [2.75, 3.05) is 6.54 Å². The van der Waals surface area contributed by atoms with Crippen molar-refractivity contribution in [3.63, 3.8) is 0 Å². The Morgan fingerprint density at radius 1 is 1.20 bits per heavy atom. The summed E-state index contributed by atoms with van der Waals surface area (Å²) in [6, 6.07) is 13.3. The normalized spacial score (nSPS) is 12.7. The Balaban J connectivity index is 2.00. The molecule has 0 spiro atoms. The molecule has 20 heavy (non-hydrogen) atoms. The number of benzene rings is 1. The Morgan fingerprint density at radius 2 is 2.15 bits per heavy atom. The van der Waals surface area contributed by atoms with Gasteiger partial charge < -0.3 is 5.32 Å². The molecule has 2 heterocycles. The third-order valence-corrected chi connectivity index (χ3v) is 4.42. The zero-order chi connectivity index (χ0) is 13.8. The second kappa shape index (κ2) is 6.16. The molecule has 3 rings (SSSR count). The molecule has 0 fully saturated rings. The Kier molecular flexibility index (Phi) is 4.09. The molecule has 1 N–H and O–H groups in total. The minimum atomic E-state index is 0.352. The molecule has 1 unspecified atom stereocenters. The summed E-state index contributed by atoms with van der Waals surface area (Å²) >= 11 is 1.82. The molecule has 2 aromatic heterocycles. The van der Waals surface area contributed by atoms with E-state index in [4.69, 9.17) is 0 Å². The molecule has 0 saturated heterocycles. The predicted molar refractivity (Wildman–Crippen MR) is 86.2 cm³/mol. The summed E-state index contributed by atoms with van der Waals surface area (Å²) < 4.78 is 0. The molecule has 0 aliphatic heterocycles. The molecule has 0 aliphatic rings. The lowest BCUT2D eigenvalue weighted by Gasteiger charge is -2.19. The molecule has 1 atom stereocenters. The number of nitrogens with zero attached hydrogens (tertiary/aromatic N) is 1. The summed E-state index contributed by atoms with van der Waals surface area (Å²) in [7, 11) is 0.